The molecular formula is C17H21Cl2N7O. The average Bonchev–Trinajstić information content (AvgIpc) is 3.35. The van der Waals surface area contributed by atoms with Crippen LogP contribution in [0.3, 0.4) is 0 Å². The van der Waals surface area contributed by atoms with Gasteiger partial charge in [0.2, 0.25) is 0 Å². The summed E-state index contributed by atoms with van der Waals surface area (Å²) in [5.41, 5.74) is 1.86. The number of rotatable bonds is 4. The zero-order valence-electron chi connectivity index (χ0n) is 14.5. The van der Waals surface area contributed by atoms with E-state index in [1.54, 1.807) is 23.4 Å². The molecule has 1 aromatic carbocycles. The first-order chi connectivity index (χ1) is 12.3. The molecule has 144 valence electrons. The van der Waals surface area contributed by atoms with E-state index in [4.69, 9.17) is 0 Å². The summed E-state index contributed by atoms with van der Waals surface area (Å²) in [7, 11) is 0. The number of carbonyl (C=O) groups excluding carboxylic acids is 1. The molecule has 4 rings (SSSR count). The Labute approximate surface area is 169 Å². The van der Waals surface area contributed by atoms with Crippen LogP contribution in [-0.2, 0) is 0 Å². The molecule has 1 aliphatic heterocycles. The summed E-state index contributed by atoms with van der Waals surface area (Å²) in [5.74, 6) is -0.271. The summed E-state index contributed by atoms with van der Waals surface area (Å²) in [6.45, 7) is 1.93. The standard InChI is InChI=1S/C17H19N7O.2ClH/c25-17(15-11-24(22-21-15)13-5-7-18-8-6-13)20-14-3-1-2-4-16(14)23-10-9-19-12-23;;/h1-4,9-13,18H,5-8H2,(H,20,25);2*1H. The zero-order valence-corrected chi connectivity index (χ0v) is 16.1. The Morgan fingerprint density at radius 3 is 2.70 bits per heavy atom. The van der Waals surface area contributed by atoms with Crippen LogP contribution in [0.15, 0.2) is 49.2 Å². The van der Waals surface area contributed by atoms with Gasteiger partial charge in [-0.05, 0) is 38.1 Å². The van der Waals surface area contributed by atoms with Crippen molar-refractivity contribution in [1.29, 1.82) is 0 Å². The van der Waals surface area contributed by atoms with Gasteiger partial charge < -0.3 is 15.2 Å². The number of imidazole rings is 1. The van der Waals surface area contributed by atoms with E-state index in [0.717, 1.165) is 31.6 Å². The van der Waals surface area contributed by atoms with Crippen molar-refractivity contribution in [2.45, 2.75) is 18.9 Å². The maximum atomic E-state index is 12.6. The third-order valence-electron chi connectivity index (χ3n) is 4.36. The molecule has 8 nitrogen and oxygen atoms in total. The second kappa shape index (κ2) is 9.50. The summed E-state index contributed by atoms with van der Waals surface area (Å²) < 4.78 is 3.65. The smallest absolute Gasteiger partial charge is 0.277 e. The lowest BCUT2D eigenvalue weighted by atomic mass is 10.1. The van der Waals surface area contributed by atoms with Gasteiger partial charge in [0.15, 0.2) is 5.69 Å². The van der Waals surface area contributed by atoms with Crippen LogP contribution < -0.4 is 10.6 Å². The molecule has 10 heteroatoms. The maximum Gasteiger partial charge on any atom is 0.277 e. The van der Waals surface area contributed by atoms with Crippen molar-refractivity contribution < 1.29 is 4.79 Å². The fourth-order valence-corrected chi connectivity index (χ4v) is 3.02. The predicted molar refractivity (Wildman–Crippen MR) is 107 cm³/mol. The number of para-hydroxylation sites is 2. The van der Waals surface area contributed by atoms with Gasteiger partial charge in [-0.3, -0.25) is 4.79 Å². The van der Waals surface area contributed by atoms with Crippen molar-refractivity contribution in [3.05, 3.63) is 54.9 Å². The van der Waals surface area contributed by atoms with Gasteiger partial charge in [-0.2, -0.15) is 0 Å². The number of hydrogen-bond donors (Lipinski definition) is 2. The number of benzene rings is 1. The molecule has 0 spiro atoms. The molecule has 2 N–H and O–H groups in total. The van der Waals surface area contributed by atoms with Crippen molar-refractivity contribution in [3.63, 3.8) is 0 Å². The van der Waals surface area contributed by atoms with Crippen LogP contribution >= 0.6 is 24.8 Å². The molecule has 0 aliphatic carbocycles. The highest BCUT2D eigenvalue weighted by Crippen LogP contribution is 2.21. The van der Waals surface area contributed by atoms with E-state index in [1.807, 2.05) is 35.0 Å². The molecule has 0 bridgehead atoms. The van der Waals surface area contributed by atoms with Gasteiger partial charge in [-0.1, -0.05) is 17.3 Å². The van der Waals surface area contributed by atoms with Crippen molar-refractivity contribution >= 4 is 36.4 Å². The topological polar surface area (TPSA) is 89.7 Å². The molecule has 1 aliphatic rings. The van der Waals surface area contributed by atoms with E-state index in [9.17, 15) is 4.79 Å². The first kappa shape index (κ1) is 20.9. The number of anilines is 1. The first-order valence-corrected chi connectivity index (χ1v) is 8.32. The fraction of sp³-hybridized carbons (Fsp3) is 0.294. The molecule has 1 amide bonds. The molecule has 1 fully saturated rings. The Balaban J connectivity index is 0.00000131. The normalized spacial score (nSPS) is 14.1. The van der Waals surface area contributed by atoms with Gasteiger partial charge in [0.25, 0.3) is 5.91 Å². The molecule has 0 atom stereocenters. The zero-order chi connectivity index (χ0) is 17.1. The molecule has 27 heavy (non-hydrogen) atoms. The third-order valence-corrected chi connectivity index (χ3v) is 4.36. The first-order valence-electron chi connectivity index (χ1n) is 8.32. The van der Waals surface area contributed by atoms with Gasteiger partial charge in [0.05, 0.1) is 29.9 Å². The van der Waals surface area contributed by atoms with Crippen LogP contribution in [0.25, 0.3) is 5.69 Å². The van der Waals surface area contributed by atoms with Crippen LogP contribution in [-0.4, -0.2) is 43.5 Å². The number of aromatic nitrogens is 5. The molecule has 0 radical (unpaired) electrons. The molecule has 3 heterocycles. The Hall–Kier alpha value is -2.42. The van der Waals surface area contributed by atoms with E-state index in [1.165, 1.54) is 0 Å². The lowest BCUT2D eigenvalue weighted by molar-refractivity contribution is 0.102. The molecule has 0 saturated carbocycles. The van der Waals surface area contributed by atoms with Crippen molar-refractivity contribution in [1.82, 2.24) is 29.9 Å². The molecular weight excluding hydrogens is 389 g/mol. The number of nitrogens with zero attached hydrogens (tertiary/aromatic N) is 5. The summed E-state index contributed by atoms with van der Waals surface area (Å²) in [4.78, 5) is 16.6. The van der Waals surface area contributed by atoms with E-state index >= 15 is 0 Å². The van der Waals surface area contributed by atoms with Gasteiger partial charge >= 0.3 is 0 Å². The number of carbonyl (C=O) groups is 1. The fourth-order valence-electron chi connectivity index (χ4n) is 3.02. The molecule has 2 aromatic heterocycles. The van der Waals surface area contributed by atoms with Gasteiger partial charge in [0.1, 0.15) is 0 Å². The Kier molecular flexibility index (Phi) is 7.35. The highest BCUT2D eigenvalue weighted by atomic mass is 35.5. The second-order valence-corrected chi connectivity index (χ2v) is 6.01. The third kappa shape index (κ3) is 4.65. The molecule has 3 aromatic rings. The minimum absolute atomic E-state index is 0. The van der Waals surface area contributed by atoms with Gasteiger partial charge in [-0.25, -0.2) is 9.67 Å². The monoisotopic (exact) mass is 409 g/mol. The number of amides is 1. The predicted octanol–water partition coefficient (Wildman–Crippen LogP) is 2.48. The summed E-state index contributed by atoms with van der Waals surface area (Å²) in [6.07, 6.45) is 8.94. The van der Waals surface area contributed by atoms with Crippen LogP contribution in [0.1, 0.15) is 29.4 Å². The van der Waals surface area contributed by atoms with Crippen molar-refractivity contribution in [3.8, 4) is 5.69 Å². The minimum atomic E-state index is -0.271. The van der Waals surface area contributed by atoms with E-state index in [-0.39, 0.29) is 30.7 Å². The summed E-state index contributed by atoms with van der Waals surface area (Å²) in [6, 6.07) is 7.86. The maximum absolute atomic E-state index is 12.6. The molecule has 0 unspecified atom stereocenters. The Morgan fingerprint density at radius 1 is 1.19 bits per heavy atom. The van der Waals surface area contributed by atoms with Gasteiger partial charge in [0, 0.05) is 12.4 Å². The minimum Gasteiger partial charge on any atom is -0.319 e. The van der Waals surface area contributed by atoms with Crippen molar-refractivity contribution in [2.75, 3.05) is 18.4 Å². The van der Waals surface area contributed by atoms with Crippen LogP contribution in [0.2, 0.25) is 0 Å². The number of piperidine rings is 1. The Morgan fingerprint density at radius 2 is 1.96 bits per heavy atom. The van der Waals surface area contributed by atoms with E-state index in [0.29, 0.717) is 17.4 Å². The van der Waals surface area contributed by atoms with E-state index < -0.39 is 0 Å². The lowest BCUT2D eigenvalue weighted by Gasteiger charge is -2.22. The summed E-state index contributed by atoms with van der Waals surface area (Å²) in [5, 5.41) is 14.4. The largest absolute Gasteiger partial charge is 0.319 e. The van der Waals surface area contributed by atoms with E-state index in [2.05, 4.69) is 25.9 Å². The quantitative estimate of drug-likeness (QED) is 0.690. The lowest BCUT2D eigenvalue weighted by Crippen LogP contribution is -2.29. The number of halogens is 2. The van der Waals surface area contributed by atoms with Crippen molar-refractivity contribution in [2.24, 2.45) is 0 Å². The highest BCUT2D eigenvalue weighted by molar-refractivity contribution is 6.03. The van der Waals surface area contributed by atoms with Crippen LogP contribution in [0, 0.1) is 0 Å². The Bertz CT molecular complexity index is 860. The SMILES string of the molecule is Cl.Cl.O=C(Nc1ccccc1-n1ccnc1)c1cn(C2CCNCC2)nn1. The second-order valence-electron chi connectivity index (χ2n) is 6.01. The van der Waals surface area contributed by atoms with Gasteiger partial charge in [-0.15, -0.1) is 29.9 Å². The number of hydrogen-bond acceptors (Lipinski definition) is 5. The van der Waals surface area contributed by atoms with Crippen LogP contribution in [0.4, 0.5) is 5.69 Å². The number of nitrogens with one attached hydrogen (secondary N) is 2. The molecule has 1 saturated heterocycles. The van der Waals surface area contributed by atoms with Crippen LogP contribution in [0.5, 0.6) is 0 Å². The average molecular weight is 410 g/mol. The highest BCUT2D eigenvalue weighted by Gasteiger charge is 2.19. The summed E-state index contributed by atoms with van der Waals surface area (Å²) >= 11 is 0.